The zero-order valence-corrected chi connectivity index (χ0v) is 10.2. The molecule has 90 valence electrons. The van der Waals surface area contributed by atoms with Gasteiger partial charge < -0.3 is 4.90 Å². The van der Waals surface area contributed by atoms with Crippen molar-refractivity contribution in [2.75, 3.05) is 18.0 Å². The molecule has 0 saturated carbocycles. The number of aromatic nitrogens is 2. The number of hydrogen-bond acceptors (Lipinski definition) is 3. The number of unbranched alkanes of at least 4 members (excludes halogenated alkanes) is 2. The molecule has 4 nitrogen and oxygen atoms in total. The highest BCUT2D eigenvalue weighted by Crippen LogP contribution is 2.09. The van der Waals surface area contributed by atoms with Crippen molar-refractivity contribution in [3.05, 3.63) is 22.7 Å². The highest BCUT2D eigenvalue weighted by atomic mass is 16.1. The predicted molar refractivity (Wildman–Crippen MR) is 66.9 cm³/mol. The Morgan fingerprint density at radius 2 is 1.88 bits per heavy atom. The Labute approximate surface area is 96.7 Å². The molecule has 0 atom stereocenters. The van der Waals surface area contributed by atoms with Crippen molar-refractivity contribution in [2.24, 2.45) is 0 Å². The van der Waals surface area contributed by atoms with Gasteiger partial charge in [0, 0.05) is 19.3 Å². The SMILES string of the molecule is CCCCN(CCCC)c1ccnc(=O)[nH]1. The topological polar surface area (TPSA) is 49.0 Å². The molecule has 1 aromatic rings. The lowest BCUT2D eigenvalue weighted by molar-refractivity contribution is 0.669. The second-order valence-corrected chi connectivity index (χ2v) is 3.95. The summed E-state index contributed by atoms with van der Waals surface area (Å²) in [6.07, 6.45) is 6.19. The van der Waals surface area contributed by atoms with Crippen molar-refractivity contribution in [1.82, 2.24) is 9.97 Å². The van der Waals surface area contributed by atoms with Gasteiger partial charge in [0.15, 0.2) is 0 Å². The lowest BCUT2D eigenvalue weighted by Crippen LogP contribution is -2.28. The molecule has 0 fully saturated rings. The molecule has 0 aromatic carbocycles. The first kappa shape index (κ1) is 12.7. The van der Waals surface area contributed by atoms with Crippen LogP contribution in [0.15, 0.2) is 17.1 Å². The van der Waals surface area contributed by atoms with Crippen LogP contribution in [0.2, 0.25) is 0 Å². The van der Waals surface area contributed by atoms with E-state index in [4.69, 9.17) is 0 Å². The van der Waals surface area contributed by atoms with Crippen LogP contribution in [-0.4, -0.2) is 23.1 Å². The summed E-state index contributed by atoms with van der Waals surface area (Å²) < 4.78 is 0. The van der Waals surface area contributed by atoms with Gasteiger partial charge in [0.1, 0.15) is 5.82 Å². The monoisotopic (exact) mass is 223 g/mol. The number of H-pyrrole nitrogens is 1. The van der Waals surface area contributed by atoms with Crippen molar-refractivity contribution in [3.63, 3.8) is 0 Å². The van der Waals surface area contributed by atoms with Crippen molar-refractivity contribution < 1.29 is 0 Å². The van der Waals surface area contributed by atoms with Crippen molar-refractivity contribution in [1.29, 1.82) is 0 Å². The van der Waals surface area contributed by atoms with Crippen LogP contribution in [-0.2, 0) is 0 Å². The average Bonchev–Trinajstić information content (AvgIpc) is 2.29. The highest BCUT2D eigenvalue weighted by molar-refractivity contribution is 5.36. The summed E-state index contributed by atoms with van der Waals surface area (Å²) in [5.41, 5.74) is -0.268. The Morgan fingerprint density at radius 1 is 1.25 bits per heavy atom. The second kappa shape index (κ2) is 7.04. The Bertz CT molecular complexity index is 340. The quantitative estimate of drug-likeness (QED) is 0.770. The van der Waals surface area contributed by atoms with E-state index in [2.05, 4.69) is 28.7 Å². The van der Waals surface area contributed by atoms with Gasteiger partial charge in [-0.05, 0) is 18.9 Å². The van der Waals surface area contributed by atoms with Crippen LogP contribution in [0.4, 0.5) is 5.82 Å². The maximum atomic E-state index is 11.1. The largest absolute Gasteiger partial charge is 0.358 e. The van der Waals surface area contributed by atoms with Gasteiger partial charge in [-0.15, -0.1) is 0 Å². The van der Waals surface area contributed by atoms with E-state index in [1.54, 1.807) is 6.20 Å². The Hall–Kier alpha value is -1.32. The number of aromatic amines is 1. The van der Waals surface area contributed by atoms with Crippen molar-refractivity contribution >= 4 is 5.82 Å². The van der Waals surface area contributed by atoms with Gasteiger partial charge >= 0.3 is 5.69 Å². The Kier molecular flexibility index (Phi) is 5.61. The van der Waals surface area contributed by atoms with Gasteiger partial charge in [0.2, 0.25) is 0 Å². The molecule has 0 spiro atoms. The van der Waals surface area contributed by atoms with E-state index >= 15 is 0 Å². The summed E-state index contributed by atoms with van der Waals surface area (Å²) in [5.74, 6) is 0.891. The van der Waals surface area contributed by atoms with Crippen molar-refractivity contribution in [3.8, 4) is 0 Å². The number of nitrogens with zero attached hydrogens (tertiary/aromatic N) is 2. The van der Waals surface area contributed by atoms with E-state index in [1.807, 2.05) is 6.07 Å². The van der Waals surface area contributed by atoms with E-state index < -0.39 is 0 Å². The number of anilines is 1. The zero-order chi connectivity index (χ0) is 11.8. The van der Waals surface area contributed by atoms with Gasteiger partial charge in [-0.1, -0.05) is 26.7 Å². The van der Waals surface area contributed by atoms with Crippen LogP contribution in [0.1, 0.15) is 39.5 Å². The summed E-state index contributed by atoms with van der Waals surface area (Å²) in [6.45, 7) is 6.34. The molecule has 0 amide bonds. The molecular weight excluding hydrogens is 202 g/mol. The van der Waals surface area contributed by atoms with Crippen LogP contribution >= 0.6 is 0 Å². The smallest absolute Gasteiger partial charge is 0.346 e. The summed E-state index contributed by atoms with van der Waals surface area (Å²) in [5, 5.41) is 0. The first-order valence-corrected chi connectivity index (χ1v) is 6.08. The first-order chi connectivity index (χ1) is 7.77. The number of hydrogen-bond donors (Lipinski definition) is 1. The van der Waals surface area contributed by atoms with E-state index in [0.29, 0.717) is 0 Å². The van der Waals surface area contributed by atoms with Gasteiger partial charge in [0.25, 0.3) is 0 Å². The Morgan fingerprint density at radius 3 is 2.38 bits per heavy atom. The lowest BCUT2D eigenvalue weighted by Gasteiger charge is -2.23. The standard InChI is InChI=1S/C12H21N3O/c1-3-5-9-15(10-6-4-2)11-7-8-13-12(16)14-11/h7-8H,3-6,9-10H2,1-2H3,(H,13,14,16). The van der Waals surface area contributed by atoms with E-state index in [9.17, 15) is 4.79 Å². The molecule has 0 aliphatic heterocycles. The lowest BCUT2D eigenvalue weighted by atomic mass is 10.2. The number of rotatable bonds is 7. The maximum absolute atomic E-state index is 11.1. The van der Waals surface area contributed by atoms with Crippen LogP contribution in [0, 0.1) is 0 Å². The molecule has 0 radical (unpaired) electrons. The molecule has 0 aliphatic rings. The summed E-state index contributed by atoms with van der Waals surface area (Å²) in [7, 11) is 0. The van der Waals surface area contributed by atoms with Crippen molar-refractivity contribution in [2.45, 2.75) is 39.5 Å². The van der Waals surface area contributed by atoms with E-state index in [-0.39, 0.29) is 5.69 Å². The van der Waals surface area contributed by atoms with Crippen LogP contribution in [0.25, 0.3) is 0 Å². The number of nitrogens with one attached hydrogen (secondary N) is 1. The van der Waals surface area contributed by atoms with Crippen LogP contribution in [0.5, 0.6) is 0 Å². The normalized spacial score (nSPS) is 10.4. The third-order valence-electron chi connectivity index (χ3n) is 2.56. The average molecular weight is 223 g/mol. The molecule has 0 bridgehead atoms. The summed E-state index contributed by atoms with van der Waals surface area (Å²) in [6, 6.07) is 1.87. The molecule has 1 rings (SSSR count). The highest BCUT2D eigenvalue weighted by Gasteiger charge is 2.05. The fourth-order valence-electron chi connectivity index (χ4n) is 1.59. The Balaban J connectivity index is 2.70. The third-order valence-corrected chi connectivity index (χ3v) is 2.56. The molecule has 4 heteroatoms. The predicted octanol–water partition coefficient (Wildman–Crippen LogP) is 2.18. The molecular formula is C12H21N3O. The molecule has 0 aliphatic carbocycles. The van der Waals surface area contributed by atoms with Crippen LogP contribution < -0.4 is 10.6 Å². The van der Waals surface area contributed by atoms with E-state index in [0.717, 1.165) is 44.6 Å². The van der Waals surface area contributed by atoms with Gasteiger partial charge in [-0.2, -0.15) is 0 Å². The molecule has 0 unspecified atom stereocenters. The minimum Gasteiger partial charge on any atom is -0.358 e. The molecule has 1 N–H and O–H groups in total. The van der Waals surface area contributed by atoms with E-state index in [1.165, 1.54) is 0 Å². The molecule has 0 saturated heterocycles. The third kappa shape index (κ3) is 4.04. The minimum atomic E-state index is -0.268. The second-order valence-electron chi connectivity index (χ2n) is 3.95. The summed E-state index contributed by atoms with van der Waals surface area (Å²) in [4.78, 5) is 19.8. The fraction of sp³-hybridized carbons (Fsp3) is 0.667. The van der Waals surface area contributed by atoms with Gasteiger partial charge in [-0.3, -0.25) is 4.98 Å². The molecule has 1 heterocycles. The molecule has 1 aromatic heterocycles. The van der Waals surface area contributed by atoms with Gasteiger partial charge in [-0.25, -0.2) is 9.78 Å². The maximum Gasteiger partial charge on any atom is 0.346 e. The fourth-order valence-corrected chi connectivity index (χ4v) is 1.59. The first-order valence-electron chi connectivity index (χ1n) is 6.08. The minimum absolute atomic E-state index is 0.268. The zero-order valence-electron chi connectivity index (χ0n) is 10.2. The van der Waals surface area contributed by atoms with Gasteiger partial charge in [0.05, 0.1) is 0 Å². The van der Waals surface area contributed by atoms with Crippen LogP contribution in [0.3, 0.4) is 0 Å². The summed E-state index contributed by atoms with van der Waals surface area (Å²) >= 11 is 0. The molecule has 16 heavy (non-hydrogen) atoms.